The molecule has 0 saturated carbocycles. The molecule has 2 rings (SSSR count). The summed E-state index contributed by atoms with van der Waals surface area (Å²) in [5, 5.41) is 8.16. The number of hydrogen-bond donors (Lipinski definition) is 3. The summed E-state index contributed by atoms with van der Waals surface area (Å²) in [6, 6.07) is 4.96. The van der Waals surface area contributed by atoms with E-state index in [9.17, 15) is 38.4 Å². The molecule has 0 aromatic heterocycles. The highest BCUT2D eigenvalue weighted by Crippen LogP contribution is 2.32. The Morgan fingerprint density at radius 1 is 0.758 bits per heavy atom. The largest absolute Gasteiger partial charge is 0.460 e. The second-order valence-electron chi connectivity index (χ2n) is 19.7. The van der Waals surface area contributed by atoms with Crippen LogP contribution in [0, 0.1) is 11.3 Å². The van der Waals surface area contributed by atoms with Gasteiger partial charge in [0.1, 0.15) is 29.3 Å². The molecule has 1 aromatic carbocycles. The lowest BCUT2D eigenvalue weighted by Gasteiger charge is -2.42. The lowest BCUT2D eigenvalue weighted by molar-refractivity contribution is -0.156. The van der Waals surface area contributed by atoms with Crippen LogP contribution in [-0.2, 0) is 48.5 Å². The zero-order valence-corrected chi connectivity index (χ0v) is 39.6. The van der Waals surface area contributed by atoms with Gasteiger partial charge in [-0.1, -0.05) is 84.9 Å². The van der Waals surface area contributed by atoms with Crippen molar-refractivity contribution in [2.45, 2.75) is 144 Å². The summed E-state index contributed by atoms with van der Waals surface area (Å²) in [6.07, 6.45) is 2.59. The third-order valence-corrected chi connectivity index (χ3v) is 10.1. The smallest absolute Gasteiger partial charge is 0.410 e. The summed E-state index contributed by atoms with van der Waals surface area (Å²) in [5.74, 6) is -4.53. The number of likely N-dealkylation sites (N-methyl/N-ethyl adjacent to an activating group) is 2. The predicted octanol–water partition coefficient (Wildman–Crippen LogP) is 4.42. The van der Waals surface area contributed by atoms with Crippen molar-refractivity contribution in [1.82, 2.24) is 30.7 Å². The van der Waals surface area contributed by atoms with Gasteiger partial charge in [-0.05, 0) is 65.4 Å². The first-order valence-corrected chi connectivity index (χ1v) is 20.9. The Morgan fingerprint density at radius 3 is 1.77 bits per heavy atom. The first-order chi connectivity index (χ1) is 28.3. The van der Waals surface area contributed by atoms with Crippen LogP contribution in [0.25, 0.3) is 0 Å². The van der Waals surface area contributed by atoms with E-state index in [4.69, 9.17) is 9.47 Å². The van der Waals surface area contributed by atoms with Gasteiger partial charge >= 0.3 is 12.1 Å². The van der Waals surface area contributed by atoms with Crippen molar-refractivity contribution >= 4 is 47.5 Å². The van der Waals surface area contributed by atoms with Crippen molar-refractivity contribution in [3.8, 4) is 0 Å². The Bertz CT molecular complexity index is 1870. The Hall–Kier alpha value is -5.54. The molecule has 0 saturated heterocycles. The quantitative estimate of drug-likeness (QED) is 0.114. The molecular weight excluding hydrogens is 797 g/mol. The van der Waals surface area contributed by atoms with Crippen LogP contribution in [0.15, 0.2) is 54.1 Å². The average Bonchev–Trinajstić information content (AvgIpc) is 3.45. The number of hydrogen-bond acceptors (Lipinski definition) is 10. The summed E-state index contributed by atoms with van der Waals surface area (Å²) < 4.78 is 11.1. The summed E-state index contributed by atoms with van der Waals surface area (Å²) in [6.45, 7) is 24.3. The lowest BCUT2D eigenvalue weighted by atomic mass is 9.76. The summed E-state index contributed by atoms with van der Waals surface area (Å²) in [7, 11) is 3.07. The molecule has 1 aliphatic rings. The van der Waals surface area contributed by atoms with E-state index in [1.807, 2.05) is 78.8 Å². The molecule has 1 aromatic rings. The van der Waals surface area contributed by atoms with Gasteiger partial charge in [0.05, 0.1) is 12.5 Å². The van der Waals surface area contributed by atoms with E-state index in [2.05, 4.69) is 16.0 Å². The SMILES string of the molecule is C/C(=C\[C@H](C(C)C)N(C)C(=O)C(NC(=O)[C@@H](N(C)C(=O)OC(C)(C)C)C(C)(C)c1ccccc1)C(C)(C)C)C(=O)N[C@H](CC(=O)OC(C)(C)C)C(=O)NCCN1C(=O)C=CC1=O. The molecule has 7 amide bonds. The highest BCUT2D eigenvalue weighted by atomic mass is 16.6. The maximum absolute atomic E-state index is 14.6. The second-order valence-corrected chi connectivity index (χ2v) is 19.7. The first-order valence-electron chi connectivity index (χ1n) is 20.9. The molecule has 0 spiro atoms. The normalized spacial score (nSPS) is 15.6. The monoisotopic (exact) mass is 867 g/mol. The molecule has 0 aliphatic carbocycles. The van der Waals surface area contributed by atoms with E-state index in [0.717, 1.165) is 22.6 Å². The van der Waals surface area contributed by atoms with Crippen LogP contribution >= 0.6 is 0 Å². The molecule has 1 aliphatic heterocycles. The second kappa shape index (κ2) is 21.0. The highest BCUT2D eigenvalue weighted by molar-refractivity contribution is 6.12. The van der Waals surface area contributed by atoms with E-state index in [0.29, 0.717) is 0 Å². The van der Waals surface area contributed by atoms with Gasteiger partial charge in [0.15, 0.2) is 0 Å². The van der Waals surface area contributed by atoms with Crippen molar-refractivity contribution in [3.63, 3.8) is 0 Å². The summed E-state index contributed by atoms with van der Waals surface area (Å²) >= 11 is 0. The minimum atomic E-state index is -1.40. The van der Waals surface area contributed by atoms with Crippen LogP contribution < -0.4 is 16.0 Å². The van der Waals surface area contributed by atoms with Crippen LogP contribution in [-0.4, -0.2) is 125 Å². The molecule has 0 fully saturated rings. The number of carbonyl (C=O) groups is 8. The Labute approximate surface area is 367 Å². The minimum Gasteiger partial charge on any atom is -0.460 e. The highest BCUT2D eigenvalue weighted by Gasteiger charge is 2.46. The maximum Gasteiger partial charge on any atom is 0.410 e. The average molecular weight is 867 g/mol. The van der Waals surface area contributed by atoms with Crippen molar-refractivity contribution < 1.29 is 47.8 Å². The van der Waals surface area contributed by atoms with E-state index in [1.54, 1.807) is 54.7 Å². The van der Waals surface area contributed by atoms with Crippen LogP contribution in [0.2, 0.25) is 0 Å². The van der Waals surface area contributed by atoms with E-state index >= 15 is 0 Å². The fourth-order valence-electron chi connectivity index (χ4n) is 6.85. The Kier molecular flexibility index (Phi) is 17.8. The molecule has 344 valence electrons. The van der Waals surface area contributed by atoms with E-state index in [1.165, 1.54) is 23.8 Å². The van der Waals surface area contributed by atoms with Crippen molar-refractivity contribution in [2.24, 2.45) is 11.3 Å². The molecule has 1 heterocycles. The number of esters is 1. The molecular formula is C46H70N6O10. The van der Waals surface area contributed by atoms with Gasteiger partial charge in [0.25, 0.3) is 11.8 Å². The fraction of sp³-hybridized carbons (Fsp3) is 0.609. The first kappa shape index (κ1) is 52.6. The van der Waals surface area contributed by atoms with Crippen molar-refractivity contribution in [3.05, 3.63) is 59.7 Å². The fourth-order valence-corrected chi connectivity index (χ4v) is 6.85. The van der Waals surface area contributed by atoms with Gasteiger partial charge in [0, 0.05) is 50.3 Å². The molecule has 1 unspecified atom stereocenters. The molecule has 3 N–H and O–H groups in total. The zero-order valence-electron chi connectivity index (χ0n) is 39.6. The molecule has 62 heavy (non-hydrogen) atoms. The number of nitrogens with one attached hydrogen (secondary N) is 3. The van der Waals surface area contributed by atoms with Gasteiger partial charge in [-0.25, -0.2) is 4.79 Å². The number of benzene rings is 1. The number of nitrogens with zero attached hydrogens (tertiary/aromatic N) is 3. The molecule has 4 atom stereocenters. The standard InChI is InChI=1S/C46H70N6O10/c1-28(2)32(26-29(3)38(56)48-31(27-35(55)61-44(7,8)9)39(57)47-24-25-52-33(53)22-23-34(52)54)50(15)41(59)36(43(4,5)6)49-40(58)37(51(16)42(60)62-45(10,11)12)46(13,14)30-20-18-17-19-21-30/h17-23,26,28,31-32,36-37H,24-25,27H2,1-16H3,(H,47,57)(H,48,56)(H,49,58)/b29-26+/t31-,32-,36?,37-/m1/s1. The summed E-state index contributed by atoms with van der Waals surface area (Å²) in [5.41, 5.74) is -2.59. The third-order valence-electron chi connectivity index (χ3n) is 10.1. The van der Waals surface area contributed by atoms with Gasteiger partial charge in [0.2, 0.25) is 23.6 Å². The molecule has 0 bridgehead atoms. The number of ether oxygens (including phenoxy) is 2. The predicted molar refractivity (Wildman–Crippen MR) is 235 cm³/mol. The minimum absolute atomic E-state index is 0.124. The summed E-state index contributed by atoms with van der Waals surface area (Å²) in [4.78, 5) is 110. The number of rotatable bonds is 17. The topological polar surface area (TPSA) is 201 Å². The van der Waals surface area contributed by atoms with Crippen molar-refractivity contribution in [1.29, 1.82) is 0 Å². The van der Waals surface area contributed by atoms with Gasteiger partial charge < -0.3 is 30.3 Å². The zero-order chi connectivity index (χ0) is 47.7. The Balaban J connectivity index is 2.44. The van der Waals surface area contributed by atoms with E-state index < -0.39 is 100 Å². The number of imide groups is 1. The third kappa shape index (κ3) is 15.1. The number of carbonyl (C=O) groups excluding carboxylic acids is 8. The van der Waals surface area contributed by atoms with Gasteiger partial charge in [-0.3, -0.25) is 43.4 Å². The van der Waals surface area contributed by atoms with Crippen LogP contribution in [0.1, 0.15) is 109 Å². The molecule has 0 radical (unpaired) electrons. The van der Waals surface area contributed by atoms with E-state index in [-0.39, 0.29) is 24.6 Å². The molecule has 16 nitrogen and oxygen atoms in total. The van der Waals surface area contributed by atoms with Crippen molar-refractivity contribution in [2.75, 3.05) is 27.2 Å². The van der Waals surface area contributed by atoms with Crippen LogP contribution in [0.3, 0.4) is 0 Å². The Morgan fingerprint density at radius 2 is 1.29 bits per heavy atom. The van der Waals surface area contributed by atoms with Crippen LogP contribution in [0.5, 0.6) is 0 Å². The van der Waals surface area contributed by atoms with Crippen LogP contribution in [0.4, 0.5) is 4.79 Å². The van der Waals surface area contributed by atoms with Gasteiger partial charge in [-0.15, -0.1) is 0 Å². The number of amides is 7. The van der Waals surface area contributed by atoms with Gasteiger partial charge in [-0.2, -0.15) is 0 Å². The lowest BCUT2D eigenvalue weighted by Crippen LogP contribution is -2.63. The molecule has 16 heteroatoms. The maximum atomic E-state index is 14.6.